The highest BCUT2D eigenvalue weighted by Gasteiger charge is 2.27. The average molecular weight is 357 g/mol. The van der Waals surface area contributed by atoms with Crippen molar-refractivity contribution in [3.8, 4) is 0 Å². The van der Waals surface area contributed by atoms with Gasteiger partial charge in [0.05, 0.1) is 5.92 Å². The number of carbonyl (C=O) groups excluding carboxylic acids is 3. The van der Waals surface area contributed by atoms with E-state index < -0.39 is 11.9 Å². The minimum absolute atomic E-state index is 0.207. The molecule has 1 fully saturated rings. The standard InChI is InChI=1S/C19H23N3O4/c20-19(25)14-4-3-9-22(11-14)17(23)12-26-18(24)8-7-13-10-21-16-6-2-1-5-15(13)16/h1-2,5-6,10,14,21H,3-4,7-9,11-12H2,(H2,20,25)/t14-/m1/s1. The van der Waals surface area contributed by atoms with Crippen molar-refractivity contribution >= 4 is 28.7 Å². The Morgan fingerprint density at radius 3 is 2.88 bits per heavy atom. The monoisotopic (exact) mass is 357 g/mol. The van der Waals surface area contributed by atoms with Gasteiger partial charge in [-0.2, -0.15) is 0 Å². The summed E-state index contributed by atoms with van der Waals surface area (Å²) in [7, 11) is 0. The molecule has 2 amide bonds. The number of aryl methyl sites for hydroxylation is 1. The zero-order valence-electron chi connectivity index (χ0n) is 14.6. The molecule has 1 aliphatic heterocycles. The number of nitrogens with one attached hydrogen (secondary N) is 1. The summed E-state index contributed by atoms with van der Waals surface area (Å²) < 4.78 is 5.11. The second-order valence-electron chi connectivity index (χ2n) is 6.60. The van der Waals surface area contributed by atoms with Crippen molar-refractivity contribution in [2.24, 2.45) is 11.7 Å². The summed E-state index contributed by atoms with van der Waals surface area (Å²) in [5, 5.41) is 1.09. The molecule has 3 rings (SSSR count). The molecule has 1 aliphatic rings. The van der Waals surface area contributed by atoms with E-state index in [1.54, 1.807) is 4.90 Å². The summed E-state index contributed by atoms with van der Waals surface area (Å²) in [6.07, 6.45) is 4.07. The maximum atomic E-state index is 12.2. The van der Waals surface area contributed by atoms with Gasteiger partial charge in [0.15, 0.2) is 6.61 Å². The second kappa shape index (κ2) is 8.03. The predicted molar refractivity (Wildman–Crippen MR) is 96.1 cm³/mol. The number of nitrogens with two attached hydrogens (primary N) is 1. The number of amides is 2. The molecule has 1 aromatic heterocycles. The fourth-order valence-corrected chi connectivity index (χ4v) is 3.32. The SMILES string of the molecule is NC(=O)[C@@H]1CCCN(C(=O)COC(=O)CCc2c[nH]c3ccccc23)C1. The number of esters is 1. The van der Waals surface area contributed by atoms with Crippen molar-refractivity contribution in [2.45, 2.75) is 25.7 Å². The van der Waals surface area contributed by atoms with Gasteiger partial charge in [-0.15, -0.1) is 0 Å². The number of ether oxygens (including phenoxy) is 1. The number of aromatic amines is 1. The summed E-state index contributed by atoms with van der Waals surface area (Å²) in [5.74, 6) is -1.40. The van der Waals surface area contributed by atoms with Gasteiger partial charge >= 0.3 is 5.97 Å². The van der Waals surface area contributed by atoms with Crippen molar-refractivity contribution < 1.29 is 19.1 Å². The van der Waals surface area contributed by atoms with Crippen LogP contribution in [0.2, 0.25) is 0 Å². The number of carbonyl (C=O) groups is 3. The number of fused-ring (bicyclic) bond motifs is 1. The fourth-order valence-electron chi connectivity index (χ4n) is 3.32. The largest absolute Gasteiger partial charge is 0.456 e. The number of hydrogen-bond acceptors (Lipinski definition) is 4. The minimum Gasteiger partial charge on any atom is -0.456 e. The first-order chi connectivity index (χ1) is 12.5. The first-order valence-corrected chi connectivity index (χ1v) is 8.82. The lowest BCUT2D eigenvalue weighted by Crippen LogP contribution is -2.45. The molecule has 2 aromatic rings. The van der Waals surface area contributed by atoms with Gasteiger partial charge in [-0.05, 0) is 30.9 Å². The number of primary amides is 1. The smallest absolute Gasteiger partial charge is 0.306 e. The van der Waals surface area contributed by atoms with Crippen LogP contribution in [0.15, 0.2) is 30.5 Å². The van der Waals surface area contributed by atoms with E-state index in [-0.39, 0.29) is 24.9 Å². The van der Waals surface area contributed by atoms with E-state index in [2.05, 4.69) is 4.98 Å². The number of nitrogens with zero attached hydrogens (tertiary/aromatic N) is 1. The Kier molecular flexibility index (Phi) is 5.55. The number of rotatable bonds is 6. The molecular formula is C19H23N3O4. The van der Waals surface area contributed by atoms with Crippen LogP contribution in [-0.2, 0) is 25.5 Å². The lowest BCUT2D eigenvalue weighted by Gasteiger charge is -2.31. The van der Waals surface area contributed by atoms with Crippen LogP contribution >= 0.6 is 0 Å². The maximum Gasteiger partial charge on any atom is 0.306 e. The molecule has 1 atom stereocenters. The van der Waals surface area contributed by atoms with Crippen LogP contribution in [0.25, 0.3) is 10.9 Å². The lowest BCUT2D eigenvalue weighted by molar-refractivity contribution is -0.153. The molecule has 0 unspecified atom stereocenters. The zero-order chi connectivity index (χ0) is 18.5. The van der Waals surface area contributed by atoms with Crippen molar-refractivity contribution in [3.05, 3.63) is 36.0 Å². The van der Waals surface area contributed by atoms with E-state index in [0.717, 1.165) is 22.9 Å². The Bertz CT molecular complexity index is 814. The molecule has 0 aliphatic carbocycles. The molecule has 2 heterocycles. The van der Waals surface area contributed by atoms with Gasteiger partial charge < -0.3 is 20.4 Å². The molecule has 0 bridgehead atoms. The van der Waals surface area contributed by atoms with Crippen molar-refractivity contribution in [2.75, 3.05) is 19.7 Å². The number of para-hydroxylation sites is 1. The van der Waals surface area contributed by atoms with Gasteiger partial charge in [-0.25, -0.2) is 0 Å². The number of hydrogen-bond donors (Lipinski definition) is 2. The number of benzene rings is 1. The molecule has 26 heavy (non-hydrogen) atoms. The molecule has 7 nitrogen and oxygen atoms in total. The molecule has 3 N–H and O–H groups in total. The molecule has 138 valence electrons. The van der Waals surface area contributed by atoms with Crippen LogP contribution in [0.3, 0.4) is 0 Å². The lowest BCUT2D eigenvalue weighted by atomic mass is 9.97. The fraction of sp³-hybridized carbons (Fsp3) is 0.421. The van der Waals surface area contributed by atoms with Crippen LogP contribution in [0.1, 0.15) is 24.8 Å². The number of H-pyrrole nitrogens is 1. The molecule has 7 heteroatoms. The van der Waals surface area contributed by atoms with Crippen LogP contribution in [-0.4, -0.2) is 47.4 Å². The minimum atomic E-state index is -0.410. The Morgan fingerprint density at radius 1 is 1.27 bits per heavy atom. The molecular weight excluding hydrogens is 334 g/mol. The first kappa shape index (κ1) is 18.0. The molecule has 1 aromatic carbocycles. The highest BCUT2D eigenvalue weighted by molar-refractivity contribution is 5.84. The zero-order valence-corrected chi connectivity index (χ0v) is 14.6. The van der Waals surface area contributed by atoms with Crippen LogP contribution < -0.4 is 5.73 Å². The van der Waals surface area contributed by atoms with E-state index >= 15 is 0 Å². The molecule has 0 radical (unpaired) electrons. The average Bonchev–Trinajstić information content (AvgIpc) is 3.07. The van der Waals surface area contributed by atoms with Gasteiger partial charge in [0, 0.05) is 36.6 Å². The Morgan fingerprint density at radius 2 is 2.08 bits per heavy atom. The summed E-state index contributed by atoms with van der Waals surface area (Å²) in [5.41, 5.74) is 7.39. The van der Waals surface area contributed by atoms with Crippen molar-refractivity contribution in [3.63, 3.8) is 0 Å². The molecule has 0 spiro atoms. The molecule has 1 saturated heterocycles. The van der Waals surface area contributed by atoms with Crippen molar-refractivity contribution in [1.82, 2.24) is 9.88 Å². The summed E-state index contributed by atoms with van der Waals surface area (Å²) >= 11 is 0. The quantitative estimate of drug-likeness (QED) is 0.762. The Labute approximate surface area is 151 Å². The summed E-state index contributed by atoms with van der Waals surface area (Å²) in [6, 6.07) is 7.88. The Hall–Kier alpha value is -2.83. The summed E-state index contributed by atoms with van der Waals surface area (Å²) in [4.78, 5) is 40.1. The summed E-state index contributed by atoms with van der Waals surface area (Å²) in [6.45, 7) is 0.578. The third kappa shape index (κ3) is 4.22. The third-order valence-corrected chi connectivity index (χ3v) is 4.81. The van der Waals surface area contributed by atoms with E-state index in [4.69, 9.17) is 10.5 Å². The van der Waals surface area contributed by atoms with Gasteiger partial charge in [-0.1, -0.05) is 18.2 Å². The highest BCUT2D eigenvalue weighted by Crippen LogP contribution is 2.19. The van der Waals surface area contributed by atoms with Crippen LogP contribution in [0, 0.1) is 5.92 Å². The van der Waals surface area contributed by atoms with Crippen LogP contribution in [0.4, 0.5) is 0 Å². The van der Waals surface area contributed by atoms with E-state index in [9.17, 15) is 14.4 Å². The number of aromatic nitrogens is 1. The van der Waals surface area contributed by atoms with Crippen molar-refractivity contribution in [1.29, 1.82) is 0 Å². The van der Waals surface area contributed by atoms with Gasteiger partial charge in [-0.3, -0.25) is 14.4 Å². The Balaban J connectivity index is 1.45. The second-order valence-corrected chi connectivity index (χ2v) is 6.60. The van der Waals surface area contributed by atoms with Gasteiger partial charge in [0.1, 0.15) is 0 Å². The number of likely N-dealkylation sites (tertiary alicyclic amines) is 1. The maximum absolute atomic E-state index is 12.2. The third-order valence-electron chi connectivity index (χ3n) is 4.81. The van der Waals surface area contributed by atoms with Gasteiger partial charge in [0.25, 0.3) is 5.91 Å². The van der Waals surface area contributed by atoms with Crippen LogP contribution in [0.5, 0.6) is 0 Å². The predicted octanol–water partition coefficient (Wildman–Crippen LogP) is 1.37. The first-order valence-electron chi connectivity index (χ1n) is 8.82. The van der Waals surface area contributed by atoms with Gasteiger partial charge in [0.2, 0.25) is 5.91 Å². The van der Waals surface area contributed by atoms with E-state index in [1.165, 1.54) is 0 Å². The molecule has 0 saturated carbocycles. The normalized spacial score (nSPS) is 17.2. The van der Waals surface area contributed by atoms with E-state index in [0.29, 0.717) is 25.9 Å². The van der Waals surface area contributed by atoms with E-state index in [1.807, 2.05) is 30.5 Å². The topological polar surface area (TPSA) is 105 Å². The highest BCUT2D eigenvalue weighted by atomic mass is 16.5. The number of piperidine rings is 1.